The van der Waals surface area contributed by atoms with Crippen LogP contribution in [-0.2, 0) is 4.74 Å². The third-order valence-electron chi connectivity index (χ3n) is 4.06. The van der Waals surface area contributed by atoms with Crippen LogP contribution in [0, 0.1) is 0 Å². The zero-order chi connectivity index (χ0) is 24.0. The molecule has 0 fully saturated rings. The van der Waals surface area contributed by atoms with Gasteiger partial charge in [-0.1, -0.05) is 17.4 Å². The van der Waals surface area contributed by atoms with Gasteiger partial charge in [0.15, 0.2) is 5.13 Å². The van der Waals surface area contributed by atoms with Crippen molar-refractivity contribution in [3.8, 4) is 22.3 Å². The lowest BCUT2D eigenvalue weighted by molar-refractivity contribution is 0.0600. The summed E-state index contributed by atoms with van der Waals surface area (Å²) in [5.74, 6) is 0.728. The summed E-state index contributed by atoms with van der Waals surface area (Å²) in [6.45, 7) is 7.64. The third-order valence-corrected chi connectivity index (χ3v) is 4.86. The molecule has 2 aromatic carbocycles. The first kappa shape index (κ1) is 24.1. The highest BCUT2D eigenvalue weighted by molar-refractivity contribution is 7.17. The zero-order valence-corrected chi connectivity index (χ0v) is 19.9. The van der Waals surface area contributed by atoms with Crippen LogP contribution in [0.25, 0.3) is 0 Å². The van der Waals surface area contributed by atoms with Crippen LogP contribution in [0.3, 0.4) is 0 Å². The van der Waals surface area contributed by atoms with Gasteiger partial charge in [-0.05, 0) is 58.0 Å². The molecule has 3 rings (SSSR count). The highest BCUT2D eigenvalue weighted by atomic mass is 32.1. The van der Waals surface area contributed by atoms with Crippen LogP contribution in [0.2, 0.25) is 0 Å². The molecule has 174 valence electrons. The Bertz CT molecular complexity index is 1100. The number of hydrogen-bond acceptors (Lipinski definition) is 8. The first-order valence-corrected chi connectivity index (χ1v) is 11.2. The summed E-state index contributed by atoms with van der Waals surface area (Å²) >= 11 is 1.16. The van der Waals surface area contributed by atoms with Crippen LogP contribution in [0.1, 0.15) is 48.4 Å². The number of anilines is 1. The second-order valence-corrected chi connectivity index (χ2v) is 8.58. The van der Waals surface area contributed by atoms with E-state index in [2.05, 4.69) is 10.3 Å². The summed E-state index contributed by atoms with van der Waals surface area (Å²) in [6, 6.07) is 11.7. The van der Waals surface area contributed by atoms with Crippen molar-refractivity contribution < 1.29 is 28.5 Å². The quantitative estimate of drug-likeness (QED) is 0.410. The van der Waals surface area contributed by atoms with E-state index in [9.17, 15) is 9.59 Å². The third kappa shape index (κ3) is 6.95. The molecule has 33 heavy (non-hydrogen) atoms. The summed E-state index contributed by atoms with van der Waals surface area (Å²) in [4.78, 5) is 28.8. The second-order valence-electron chi connectivity index (χ2n) is 7.59. The van der Waals surface area contributed by atoms with Gasteiger partial charge >= 0.3 is 5.97 Å². The van der Waals surface area contributed by atoms with Gasteiger partial charge in [0.2, 0.25) is 5.06 Å². The topological polar surface area (TPSA) is 96.0 Å². The number of carbonyl (C=O) groups excluding carboxylic acids is 2. The Hall–Kier alpha value is -3.59. The minimum absolute atomic E-state index is 0.0495. The van der Waals surface area contributed by atoms with E-state index >= 15 is 0 Å². The van der Waals surface area contributed by atoms with Gasteiger partial charge in [0.1, 0.15) is 17.2 Å². The predicted octanol–water partition coefficient (Wildman–Crippen LogP) is 5.55. The smallest absolute Gasteiger partial charge is 0.337 e. The number of nitrogens with zero attached hydrogens (tertiary/aromatic N) is 1. The molecule has 0 spiro atoms. The summed E-state index contributed by atoms with van der Waals surface area (Å²) in [6.07, 6.45) is 1.40. The number of amides is 1. The average molecular weight is 471 g/mol. The van der Waals surface area contributed by atoms with Crippen LogP contribution in [-0.4, -0.2) is 36.2 Å². The fourth-order valence-corrected chi connectivity index (χ4v) is 3.52. The van der Waals surface area contributed by atoms with Gasteiger partial charge in [0, 0.05) is 11.6 Å². The molecule has 0 radical (unpaired) electrons. The minimum atomic E-state index is -0.456. The summed E-state index contributed by atoms with van der Waals surface area (Å²) in [7, 11) is 1.32. The van der Waals surface area contributed by atoms with E-state index in [-0.39, 0.29) is 18.1 Å². The van der Waals surface area contributed by atoms with Gasteiger partial charge in [-0.3, -0.25) is 10.1 Å². The maximum absolute atomic E-state index is 12.9. The molecule has 9 heteroatoms. The number of methoxy groups -OCH3 is 1. The van der Waals surface area contributed by atoms with Crippen molar-refractivity contribution in [3.05, 3.63) is 59.8 Å². The number of carbonyl (C=O) groups is 2. The standard InChI is InChI=1S/C24H26N2O6S/c1-14(2)30-19-10-17(11-20(12-19)31-15(3)4)22(27)26-24-25-13-21(33-24)32-18-8-6-7-16(9-18)23(28)29-5/h6-15H,1-5H3,(H,25,26,27). The molecule has 1 heterocycles. The largest absolute Gasteiger partial charge is 0.491 e. The van der Waals surface area contributed by atoms with Crippen LogP contribution in [0.5, 0.6) is 22.3 Å². The number of hydrogen-bond donors (Lipinski definition) is 1. The molecule has 1 N–H and O–H groups in total. The number of ether oxygens (including phenoxy) is 4. The maximum atomic E-state index is 12.9. The van der Waals surface area contributed by atoms with E-state index in [0.29, 0.717) is 38.6 Å². The molecule has 0 atom stereocenters. The van der Waals surface area contributed by atoms with Crippen molar-refractivity contribution in [2.75, 3.05) is 12.4 Å². The SMILES string of the molecule is COC(=O)c1cccc(Oc2cnc(NC(=O)c3cc(OC(C)C)cc(OC(C)C)c3)s2)c1. The Kier molecular flexibility index (Phi) is 7.89. The first-order valence-electron chi connectivity index (χ1n) is 10.4. The van der Waals surface area contributed by atoms with Crippen LogP contribution in [0.4, 0.5) is 5.13 Å². The molecule has 1 amide bonds. The Morgan fingerprint density at radius 3 is 2.15 bits per heavy atom. The number of benzene rings is 2. The Morgan fingerprint density at radius 1 is 0.909 bits per heavy atom. The van der Waals surface area contributed by atoms with Gasteiger partial charge in [0.25, 0.3) is 5.91 Å². The molecular formula is C24H26N2O6S. The number of rotatable bonds is 9. The van der Waals surface area contributed by atoms with Gasteiger partial charge in [0.05, 0.1) is 31.1 Å². The molecule has 3 aromatic rings. The van der Waals surface area contributed by atoms with E-state index in [0.717, 1.165) is 11.3 Å². The van der Waals surface area contributed by atoms with Gasteiger partial charge in [-0.2, -0.15) is 0 Å². The number of thiazole rings is 1. The van der Waals surface area contributed by atoms with Crippen LogP contribution >= 0.6 is 11.3 Å². The molecule has 8 nitrogen and oxygen atoms in total. The normalized spacial score (nSPS) is 10.8. The maximum Gasteiger partial charge on any atom is 0.337 e. The number of aromatic nitrogens is 1. The minimum Gasteiger partial charge on any atom is -0.491 e. The van der Waals surface area contributed by atoms with Gasteiger partial charge in [-0.25, -0.2) is 9.78 Å². The summed E-state index contributed by atoms with van der Waals surface area (Å²) < 4.78 is 22.0. The molecule has 0 bridgehead atoms. The Morgan fingerprint density at radius 2 is 1.55 bits per heavy atom. The molecule has 0 saturated heterocycles. The van der Waals surface area contributed by atoms with E-state index in [1.807, 2.05) is 27.7 Å². The lowest BCUT2D eigenvalue weighted by Gasteiger charge is -2.15. The van der Waals surface area contributed by atoms with Crippen molar-refractivity contribution in [1.82, 2.24) is 4.98 Å². The highest BCUT2D eigenvalue weighted by Gasteiger charge is 2.15. The van der Waals surface area contributed by atoms with Crippen molar-refractivity contribution in [3.63, 3.8) is 0 Å². The van der Waals surface area contributed by atoms with Crippen LogP contribution < -0.4 is 19.5 Å². The lowest BCUT2D eigenvalue weighted by atomic mass is 10.2. The number of nitrogens with one attached hydrogen (secondary N) is 1. The van der Waals surface area contributed by atoms with Crippen molar-refractivity contribution in [1.29, 1.82) is 0 Å². The van der Waals surface area contributed by atoms with E-state index in [4.69, 9.17) is 18.9 Å². The fourth-order valence-electron chi connectivity index (χ4n) is 2.84. The highest BCUT2D eigenvalue weighted by Crippen LogP contribution is 2.31. The van der Waals surface area contributed by atoms with Crippen molar-refractivity contribution >= 4 is 28.3 Å². The Balaban J connectivity index is 1.73. The summed E-state index contributed by atoms with van der Waals surface area (Å²) in [5.41, 5.74) is 0.753. The zero-order valence-electron chi connectivity index (χ0n) is 19.1. The fraction of sp³-hybridized carbons (Fsp3) is 0.292. The Labute approximate surface area is 196 Å². The monoisotopic (exact) mass is 470 g/mol. The first-order chi connectivity index (χ1) is 15.7. The van der Waals surface area contributed by atoms with Crippen molar-refractivity contribution in [2.24, 2.45) is 0 Å². The molecular weight excluding hydrogens is 444 g/mol. The molecule has 0 aliphatic heterocycles. The molecule has 0 saturated carbocycles. The lowest BCUT2D eigenvalue weighted by Crippen LogP contribution is -2.14. The molecule has 0 aliphatic carbocycles. The second kappa shape index (κ2) is 10.8. The number of esters is 1. The van der Waals surface area contributed by atoms with E-state index in [1.54, 1.807) is 42.5 Å². The van der Waals surface area contributed by atoms with Crippen LogP contribution in [0.15, 0.2) is 48.7 Å². The van der Waals surface area contributed by atoms with E-state index < -0.39 is 5.97 Å². The molecule has 0 unspecified atom stereocenters. The van der Waals surface area contributed by atoms with Gasteiger partial charge < -0.3 is 18.9 Å². The predicted molar refractivity (Wildman–Crippen MR) is 126 cm³/mol. The van der Waals surface area contributed by atoms with Crippen molar-refractivity contribution in [2.45, 2.75) is 39.9 Å². The molecule has 0 aliphatic rings. The average Bonchev–Trinajstić information content (AvgIpc) is 3.18. The van der Waals surface area contributed by atoms with Gasteiger partial charge in [-0.15, -0.1) is 0 Å². The van der Waals surface area contributed by atoms with E-state index in [1.165, 1.54) is 13.3 Å². The summed E-state index contributed by atoms with van der Waals surface area (Å²) in [5, 5.41) is 3.58. The molecule has 1 aromatic heterocycles.